The minimum absolute atomic E-state index is 0.179. The standard InChI is InChI=1S/C11H19ClN2O4S2/c1-9-10(19-11(12)14-9)20(15,16)13-5-3-4-6-18-8-7-17-2/h13H,3-8H2,1-2H3. The maximum atomic E-state index is 12.0. The number of hydrogen-bond donors (Lipinski definition) is 1. The van der Waals surface area contributed by atoms with Crippen LogP contribution in [0.2, 0.25) is 4.47 Å². The third-order valence-corrected chi connectivity index (χ3v) is 5.74. The third kappa shape index (κ3) is 6.02. The lowest BCUT2D eigenvalue weighted by molar-refractivity contribution is 0.0689. The summed E-state index contributed by atoms with van der Waals surface area (Å²) in [5.74, 6) is 0. The Bertz CT molecular complexity index is 505. The molecule has 0 aromatic carbocycles. The number of nitrogens with zero attached hydrogens (tertiary/aromatic N) is 1. The van der Waals surface area contributed by atoms with E-state index in [1.807, 2.05) is 0 Å². The van der Waals surface area contributed by atoms with E-state index in [0.717, 1.165) is 17.8 Å². The Labute approximate surface area is 128 Å². The fourth-order valence-electron chi connectivity index (χ4n) is 1.45. The van der Waals surface area contributed by atoms with Crippen LogP contribution in [0.25, 0.3) is 0 Å². The van der Waals surface area contributed by atoms with Crippen LogP contribution >= 0.6 is 22.9 Å². The topological polar surface area (TPSA) is 77.5 Å². The number of hydrogen-bond acceptors (Lipinski definition) is 6. The summed E-state index contributed by atoms with van der Waals surface area (Å²) in [6.07, 6.45) is 1.49. The Hall–Kier alpha value is -0.250. The second kappa shape index (κ2) is 8.91. The monoisotopic (exact) mass is 342 g/mol. The lowest BCUT2D eigenvalue weighted by Gasteiger charge is -2.06. The van der Waals surface area contributed by atoms with Crippen LogP contribution in [0.4, 0.5) is 0 Å². The summed E-state index contributed by atoms with van der Waals surface area (Å²) in [4.78, 5) is 3.90. The first-order valence-electron chi connectivity index (χ1n) is 6.16. The zero-order valence-corrected chi connectivity index (χ0v) is 13.9. The van der Waals surface area contributed by atoms with Crippen LogP contribution in [-0.2, 0) is 19.5 Å². The molecule has 0 saturated carbocycles. The van der Waals surface area contributed by atoms with Crippen molar-refractivity contribution in [2.75, 3.05) is 33.5 Å². The lowest BCUT2D eigenvalue weighted by Crippen LogP contribution is -2.24. The number of aryl methyl sites for hydroxylation is 1. The van der Waals surface area contributed by atoms with Crippen molar-refractivity contribution in [2.45, 2.75) is 24.0 Å². The summed E-state index contributed by atoms with van der Waals surface area (Å²) in [6.45, 7) is 3.71. The van der Waals surface area contributed by atoms with Crippen molar-refractivity contribution >= 4 is 33.0 Å². The minimum Gasteiger partial charge on any atom is -0.382 e. The molecule has 0 aliphatic carbocycles. The minimum atomic E-state index is -3.51. The Morgan fingerprint density at radius 3 is 2.65 bits per heavy atom. The fourth-order valence-corrected chi connectivity index (χ4v) is 4.30. The highest BCUT2D eigenvalue weighted by Crippen LogP contribution is 2.26. The summed E-state index contributed by atoms with van der Waals surface area (Å²) >= 11 is 6.67. The van der Waals surface area contributed by atoms with Gasteiger partial charge in [0.1, 0.15) is 0 Å². The van der Waals surface area contributed by atoms with Gasteiger partial charge in [-0.1, -0.05) is 22.9 Å². The van der Waals surface area contributed by atoms with E-state index < -0.39 is 10.0 Å². The number of aromatic nitrogens is 1. The quantitative estimate of drug-likeness (QED) is 0.656. The van der Waals surface area contributed by atoms with Gasteiger partial charge in [0.15, 0.2) is 8.68 Å². The first kappa shape index (κ1) is 17.8. The van der Waals surface area contributed by atoms with E-state index in [4.69, 9.17) is 21.1 Å². The molecule has 0 spiro atoms. The van der Waals surface area contributed by atoms with Crippen molar-refractivity contribution in [3.05, 3.63) is 10.2 Å². The van der Waals surface area contributed by atoms with Gasteiger partial charge < -0.3 is 9.47 Å². The predicted molar refractivity (Wildman–Crippen MR) is 79.0 cm³/mol. The maximum Gasteiger partial charge on any atom is 0.251 e. The molecule has 1 aromatic heterocycles. The van der Waals surface area contributed by atoms with Gasteiger partial charge >= 0.3 is 0 Å². The van der Waals surface area contributed by atoms with E-state index in [2.05, 4.69) is 9.71 Å². The molecule has 1 rings (SSSR count). The summed E-state index contributed by atoms with van der Waals surface area (Å²) in [5, 5.41) is 0. The predicted octanol–water partition coefficient (Wildman–Crippen LogP) is 1.83. The van der Waals surface area contributed by atoms with E-state index in [1.54, 1.807) is 14.0 Å². The molecule has 1 aromatic rings. The molecule has 0 unspecified atom stereocenters. The largest absolute Gasteiger partial charge is 0.382 e. The highest BCUT2D eigenvalue weighted by molar-refractivity contribution is 7.91. The molecule has 20 heavy (non-hydrogen) atoms. The van der Waals surface area contributed by atoms with Crippen molar-refractivity contribution in [3.8, 4) is 0 Å². The normalized spacial score (nSPS) is 11.9. The molecule has 0 aliphatic rings. The van der Waals surface area contributed by atoms with Gasteiger partial charge in [0.2, 0.25) is 0 Å². The van der Waals surface area contributed by atoms with Gasteiger partial charge in [0.25, 0.3) is 10.0 Å². The molecule has 6 nitrogen and oxygen atoms in total. The molecule has 0 atom stereocenters. The number of rotatable bonds is 10. The van der Waals surface area contributed by atoms with Crippen LogP contribution in [0, 0.1) is 6.92 Å². The van der Waals surface area contributed by atoms with Gasteiger partial charge in [0, 0.05) is 20.3 Å². The van der Waals surface area contributed by atoms with Gasteiger partial charge in [-0.2, -0.15) is 0 Å². The molecule has 116 valence electrons. The number of halogens is 1. The van der Waals surface area contributed by atoms with Gasteiger partial charge in [0.05, 0.1) is 18.9 Å². The number of sulfonamides is 1. The highest BCUT2D eigenvalue weighted by Gasteiger charge is 2.20. The zero-order chi connectivity index (χ0) is 15.0. The zero-order valence-electron chi connectivity index (χ0n) is 11.5. The molecular weight excluding hydrogens is 324 g/mol. The van der Waals surface area contributed by atoms with Gasteiger partial charge in [-0.05, 0) is 19.8 Å². The second-order valence-corrected chi connectivity index (χ2v) is 7.59. The summed E-state index contributed by atoms with van der Waals surface area (Å²) in [7, 11) is -1.89. The van der Waals surface area contributed by atoms with Crippen LogP contribution in [0.1, 0.15) is 18.5 Å². The Morgan fingerprint density at radius 1 is 1.30 bits per heavy atom. The van der Waals surface area contributed by atoms with Crippen LogP contribution in [0.15, 0.2) is 4.21 Å². The molecule has 1 heterocycles. The summed E-state index contributed by atoms with van der Waals surface area (Å²) in [6, 6.07) is 0. The van der Waals surface area contributed by atoms with Crippen molar-refractivity contribution in [1.29, 1.82) is 0 Å². The Kier molecular flexibility index (Phi) is 7.93. The van der Waals surface area contributed by atoms with Crippen LogP contribution in [-0.4, -0.2) is 46.9 Å². The Balaban J connectivity index is 2.26. The Morgan fingerprint density at radius 2 is 2.05 bits per heavy atom. The third-order valence-electron chi connectivity index (χ3n) is 2.41. The first-order valence-corrected chi connectivity index (χ1v) is 8.84. The van der Waals surface area contributed by atoms with E-state index in [9.17, 15) is 8.42 Å². The SMILES string of the molecule is COCCOCCCCNS(=O)(=O)c1sc(Cl)nc1C. The smallest absolute Gasteiger partial charge is 0.251 e. The maximum absolute atomic E-state index is 12.0. The van der Waals surface area contributed by atoms with Gasteiger partial charge in [-0.15, -0.1) is 0 Å². The molecule has 0 bridgehead atoms. The van der Waals surface area contributed by atoms with E-state index >= 15 is 0 Å². The van der Waals surface area contributed by atoms with Crippen LogP contribution < -0.4 is 4.72 Å². The van der Waals surface area contributed by atoms with Crippen molar-refractivity contribution in [2.24, 2.45) is 0 Å². The second-order valence-electron chi connectivity index (χ2n) is 4.05. The number of ether oxygens (including phenoxy) is 2. The first-order chi connectivity index (χ1) is 9.47. The summed E-state index contributed by atoms with van der Waals surface area (Å²) in [5.41, 5.74) is 0.426. The van der Waals surface area contributed by atoms with Crippen LogP contribution in [0.5, 0.6) is 0 Å². The molecular formula is C11H19ClN2O4S2. The lowest BCUT2D eigenvalue weighted by atomic mass is 10.3. The highest BCUT2D eigenvalue weighted by atomic mass is 35.5. The molecule has 0 aliphatic heterocycles. The van der Waals surface area contributed by atoms with Crippen molar-refractivity contribution in [1.82, 2.24) is 9.71 Å². The number of nitrogens with one attached hydrogen (secondary N) is 1. The van der Waals surface area contributed by atoms with Gasteiger partial charge in [-0.3, -0.25) is 0 Å². The molecule has 0 amide bonds. The summed E-state index contributed by atoms with van der Waals surface area (Å²) < 4.78 is 37.1. The van der Waals surface area contributed by atoms with E-state index in [-0.39, 0.29) is 8.68 Å². The molecule has 0 fully saturated rings. The average Bonchev–Trinajstić information content (AvgIpc) is 2.72. The fraction of sp³-hybridized carbons (Fsp3) is 0.727. The van der Waals surface area contributed by atoms with Crippen molar-refractivity contribution in [3.63, 3.8) is 0 Å². The number of unbranched alkanes of at least 4 members (excludes halogenated alkanes) is 1. The van der Waals surface area contributed by atoms with E-state index in [1.165, 1.54) is 0 Å². The molecule has 0 radical (unpaired) electrons. The average molecular weight is 343 g/mol. The van der Waals surface area contributed by atoms with Crippen molar-refractivity contribution < 1.29 is 17.9 Å². The van der Waals surface area contributed by atoms with Crippen LogP contribution in [0.3, 0.4) is 0 Å². The van der Waals surface area contributed by atoms with E-state index in [0.29, 0.717) is 38.5 Å². The number of thiazole rings is 1. The molecule has 9 heteroatoms. The van der Waals surface area contributed by atoms with Gasteiger partial charge in [-0.25, -0.2) is 18.1 Å². The molecule has 0 saturated heterocycles. The molecule has 1 N–H and O–H groups in total. The number of methoxy groups -OCH3 is 1.